The second-order valence-corrected chi connectivity index (χ2v) is 7.92. The zero-order chi connectivity index (χ0) is 26.0. The molecule has 2 aliphatic rings. The van der Waals surface area contributed by atoms with Gasteiger partial charge in [-0.05, 0) is 33.4 Å². The Morgan fingerprint density at radius 3 is 2.69 bits per heavy atom. The van der Waals surface area contributed by atoms with Gasteiger partial charge in [0.2, 0.25) is 0 Å². The fourth-order valence-corrected chi connectivity index (χ4v) is 3.74. The number of rotatable bonds is 9. The fourth-order valence-electron chi connectivity index (χ4n) is 3.74. The molecule has 0 radical (unpaired) electrons. The summed E-state index contributed by atoms with van der Waals surface area (Å²) in [6.45, 7) is 11.7. The van der Waals surface area contributed by atoms with Crippen LogP contribution in [0.1, 0.15) is 20.3 Å². The minimum absolute atomic E-state index is 0.104. The predicted molar refractivity (Wildman–Crippen MR) is 134 cm³/mol. The number of hydrogen-bond acceptors (Lipinski definition) is 8. The Morgan fingerprint density at radius 1 is 1.34 bits per heavy atom. The SMILES string of the molecule is C=N/C=C\C(=NC/C(=C/N=C)N1C=C(CC(F)(F)F)N=CC1)N1CC(C)OC(/C(C=N)=C/N)C1C. The van der Waals surface area contributed by atoms with Crippen molar-refractivity contribution in [3.8, 4) is 0 Å². The molecule has 190 valence electrons. The molecule has 3 unspecified atom stereocenters. The standard InChI is InChI=1S/C23H31F3N8O/c1-16-14-34(17(2)22(35-16)18(10-27)11-28)21(5-6-29-3)32-13-20(12-30-4)33-8-7-31-19(15-33)9-23(24,25)26/h5-7,10-12,15-17,22,27H,3-4,8-9,13-14,28H2,1-2H3/b6-5-,18-11+,20-12-,27-10?,32-21?. The van der Waals surface area contributed by atoms with Gasteiger partial charge in [-0.15, -0.1) is 0 Å². The summed E-state index contributed by atoms with van der Waals surface area (Å²) >= 11 is 0. The summed E-state index contributed by atoms with van der Waals surface area (Å²) in [6, 6.07) is -0.221. The lowest BCUT2D eigenvalue weighted by atomic mass is 10.00. The highest BCUT2D eigenvalue weighted by molar-refractivity contribution is 5.93. The summed E-state index contributed by atoms with van der Waals surface area (Å²) in [5.74, 6) is 0.562. The van der Waals surface area contributed by atoms with E-state index in [1.165, 1.54) is 31.0 Å². The molecule has 2 aliphatic heterocycles. The van der Waals surface area contributed by atoms with Crippen LogP contribution in [0.25, 0.3) is 0 Å². The summed E-state index contributed by atoms with van der Waals surface area (Å²) in [5, 5.41) is 7.65. The first-order valence-electron chi connectivity index (χ1n) is 10.9. The molecule has 0 amide bonds. The molecule has 0 aromatic heterocycles. The monoisotopic (exact) mass is 492 g/mol. The van der Waals surface area contributed by atoms with Gasteiger partial charge >= 0.3 is 6.18 Å². The first-order chi connectivity index (χ1) is 16.6. The van der Waals surface area contributed by atoms with Crippen LogP contribution >= 0.6 is 0 Å². The smallest absolute Gasteiger partial charge is 0.394 e. The maximum atomic E-state index is 12.8. The number of nitrogens with two attached hydrogens (primary N) is 1. The summed E-state index contributed by atoms with van der Waals surface area (Å²) in [7, 11) is 0. The van der Waals surface area contributed by atoms with E-state index < -0.39 is 18.7 Å². The average Bonchev–Trinajstić information content (AvgIpc) is 2.80. The van der Waals surface area contributed by atoms with E-state index in [4.69, 9.17) is 20.9 Å². The normalized spacial score (nSPS) is 24.5. The predicted octanol–water partition coefficient (Wildman–Crippen LogP) is 3.29. The highest BCUT2D eigenvalue weighted by Gasteiger charge is 2.35. The number of alkyl halides is 3. The molecule has 0 aliphatic carbocycles. The van der Waals surface area contributed by atoms with Gasteiger partial charge in [0.1, 0.15) is 11.9 Å². The van der Waals surface area contributed by atoms with Crippen LogP contribution in [-0.2, 0) is 4.74 Å². The number of halogens is 3. The lowest BCUT2D eigenvalue weighted by Gasteiger charge is -2.43. The molecule has 1 fully saturated rings. The largest absolute Gasteiger partial charge is 0.404 e. The third-order valence-corrected chi connectivity index (χ3v) is 5.31. The van der Waals surface area contributed by atoms with Gasteiger partial charge in [-0.1, -0.05) is 0 Å². The third-order valence-electron chi connectivity index (χ3n) is 5.31. The molecule has 3 N–H and O–H groups in total. The van der Waals surface area contributed by atoms with E-state index in [1.807, 2.05) is 18.7 Å². The Labute approximate surface area is 203 Å². The minimum atomic E-state index is -4.37. The van der Waals surface area contributed by atoms with Crippen LogP contribution in [0.4, 0.5) is 13.2 Å². The topological polar surface area (TPSA) is 115 Å². The van der Waals surface area contributed by atoms with Crippen molar-refractivity contribution in [2.75, 3.05) is 19.6 Å². The summed E-state index contributed by atoms with van der Waals surface area (Å²) < 4.78 is 44.5. The molecule has 0 aromatic carbocycles. The first-order valence-corrected chi connectivity index (χ1v) is 10.9. The van der Waals surface area contributed by atoms with Gasteiger partial charge in [0.05, 0.1) is 43.1 Å². The molecular weight excluding hydrogens is 461 g/mol. The van der Waals surface area contributed by atoms with Crippen molar-refractivity contribution in [3.63, 3.8) is 0 Å². The van der Waals surface area contributed by atoms with Crippen molar-refractivity contribution in [3.05, 3.63) is 47.8 Å². The van der Waals surface area contributed by atoms with Crippen LogP contribution < -0.4 is 5.73 Å². The molecule has 2 heterocycles. The zero-order valence-corrected chi connectivity index (χ0v) is 19.8. The molecule has 12 heteroatoms. The van der Waals surface area contributed by atoms with Gasteiger partial charge in [-0.2, -0.15) is 13.2 Å². The molecular formula is C23H31F3N8O. The summed E-state index contributed by atoms with van der Waals surface area (Å²) in [4.78, 5) is 19.8. The number of ether oxygens (including phenoxy) is 1. The molecule has 2 rings (SSSR count). The van der Waals surface area contributed by atoms with E-state index in [1.54, 1.807) is 11.0 Å². The Hall–Kier alpha value is -3.54. The number of nitrogens with zero attached hydrogens (tertiary/aromatic N) is 6. The number of aliphatic imine (C=N–C) groups is 4. The fraction of sp³-hybridized carbons (Fsp3) is 0.435. The van der Waals surface area contributed by atoms with Crippen molar-refractivity contribution in [1.29, 1.82) is 5.41 Å². The van der Waals surface area contributed by atoms with Crippen LogP contribution in [-0.4, -0.2) is 85.6 Å². The molecule has 3 atom stereocenters. The van der Waals surface area contributed by atoms with Crippen LogP contribution in [0.3, 0.4) is 0 Å². The Kier molecular flexibility index (Phi) is 10.1. The molecule has 0 saturated carbocycles. The lowest BCUT2D eigenvalue weighted by molar-refractivity contribution is -0.127. The van der Waals surface area contributed by atoms with Gasteiger partial charge in [0.15, 0.2) is 0 Å². The molecule has 0 spiro atoms. The highest BCUT2D eigenvalue weighted by atomic mass is 19.4. The van der Waals surface area contributed by atoms with Gasteiger partial charge in [-0.25, -0.2) is 0 Å². The maximum Gasteiger partial charge on any atom is 0.394 e. The van der Waals surface area contributed by atoms with E-state index in [9.17, 15) is 13.2 Å². The number of morpholine rings is 1. The average molecular weight is 493 g/mol. The molecule has 9 nitrogen and oxygen atoms in total. The number of nitrogens with one attached hydrogen (secondary N) is 1. The highest BCUT2D eigenvalue weighted by Crippen LogP contribution is 2.27. The Bertz CT molecular complexity index is 964. The molecule has 0 aromatic rings. The quantitative estimate of drug-likeness (QED) is 0.380. The van der Waals surface area contributed by atoms with Gasteiger partial charge in [0, 0.05) is 49.3 Å². The lowest BCUT2D eigenvalue weighted by Crippen LogP contribution is -2.55. The number of amidine groups is 1. The van der Waals surface area contributed by atoms with Crippen LogP contribution in [0, 0.1) is 5.41 Å². The summed E-state index contributed by atoms with van der Waals surface area (Å²) in [6.07, 6.45) is 3.78. The number of allylic oxidation sites excluding steroid dienone is 1. The van der Waals surface area contributed by atoms with Crippen LogP contribution in [0.5, 0.6) is 0 Å². The van der Waals surface area contributed by atoms with E-state index in [-0.39, 0.29) is 30.9 Å². The minimum Gasteiger partial charge on any atom is -0.404 e. The van der Waals surface area contributed by atoms with E-state index >= 15 is 0 Å². The number of hydrogen-bond donors (Lipinski definition) is 2. The molecule has 1 saturated heterocycles. The van der Waals surface area contributed by atoms with Crippen molar-refractivity contribution < 1.29 is 17.9 Å². The summed E-state index contributed by atoms with van der Waals surface area (Å²) in [5.41, 5.74) is 6.66. The molecule has 0 bridgehead atoms. The van der Waals surface area contributed by atoms with Crippen molar-refractivity contribution in [2.45, 2.75) is 44.7 Å². The van der Waals surface area contributed by atoms with Gasteiger partial charge < -0.3 is 25.7 Å². The first kappa shape index (κ1) is 27.7. The van der Waals surface area contributed by atoms with E-state index in [0.717, 1.165) is 6.21 Å². The second-order valence-electron chi connectivity index (χ2n) is 7.92. The molecule has 35 heavy (non-hydrogen) atoms. The Morgan fingerprint density at radius 2 is 2.09 bits per heavy atom. The van der Waals surface area contributed by atoms with Crippen molar-refractivity contribution >= 4 is 31.7 Å². The van der Waals surface area contributed by atoms with E-state index in [0.29, 0.717) is 23.7 Å². The van der Waals surface area contributed by atoms with Crippen molar-refractivity contribution in [1.82, 2.24) is 9.80 Å². The second kappa shape index (κ2) is 12.8. The Balaban J connectivity index is 2.36. The van der Waals surface area contributed by atoms with Gasteiger partial charge in [-0.3, -0.25) is 20.0 Å². The zero-order valence-electron chi connectivity index (χ0n) is 19.8. The third kappa shape index (κ3) is 8.02. The van der Waals surface area contributed by atoms with Crippen LogP contribution in [0.2, 0.25) is 0 Å². The van der Waals surface area contributed by atoms with Crippen LogP contribution in [0.15, 0.2) is 67.8 Å². The maximum absolute atomic E-state index is 12.8. The van der Waals surface area contributed by atoms with Crippen molar-refractivity contribution in [2.24, 2.45) is 25.7 Å². The van der Waals surface area contributed by atoms with Gasteiger partial charge in [0.25, 0.3) is 0 Å². The van der Waals surface area contributed by atoms with E-state index in [2.05, 4.69) is 28.4 Å².